The van der Waals surface area contributed by atoms with Gasteiger partial charge in [-0.05, 0) is 18.6 Å². The van der Waals surface area contributed by atoms with Crippen molar-refractivity contribution in [3.8, 4) is 5.75 Å². The van der Waals surface area contributed by atoms with E-state index in [0.717, 1.165) is 6.42 Å². The first-order chi connectivity index (χ1) is 7.22. The predicted octanol–water partition coefficient (Wildman–Crippen LogP) is 1.96. The lowest BCUT2D eigenvalue weighted by Crippen LogP contribution is -2.24. The molecule has 0 bridgehead atoms. The Morgan fingerprint density at radius 3 is 2.87 bits per heavy atom. The van der Waals surface area contributed by atoms with Gasteiger partial charge >= 0.3 is 0 Å². The number of ether oxygens (including phenoxy) is 1. The average molecular weight is 209 g/mol. The third-order valence-corrected chi connectivity index (χ3v) is 2.51. The minimum atomic E-state index is -0.356. The fourth-order valence-electron chi connectivity index (χ4n) is 1.78. The van der Waals surface area contributed by atoms with Gasteiger partial charge in [0.2, 0.25) is 5.91 Å². The molecule has 1 aromatic rings. The van der Waals surface area contributed by atoms with Gasteiger partial charge in [-0.1, -0.05) is 0 Å². The minimum Gasteiger partial charge on any atom is -0.495 e. The number of methoxy groups -OCH3 is 1. The van der Waals surface area contributed by atoms with Gasteiger partial charge in [-0.25, -0.2) is 4.39 Å². The Labute approximate surface area is 87.5 Å². The maximum atomic E-state index is 13.1. The number of nitrogens with zero attached hydrogens (tertiary/aromatic N) is 1. The van der Waals surface area contributed by atoms with Crippen molar-refractivity contribution >= 4 is 11.6 Å². The molecular formula is C11H12FNO2. The van der Waals surface area contributed by atoms with E-state index in [2.05, 4.69) is 0 Å². The summed E-state index contributed by atoms with van der Waals surface area (Å²) < 4.78 is 18.2. The zero-order valence-corrected chi connectivity index (χ0v) is 8.50. The van der Waals surface area contributed by atoms with Gasteiger partial charge in [-0.3, -0.25) is 4.79 Å². The van der Waals surface area contributed by atoms with Crippen molar-refractivity contribution in [2.24, 2.45) is 0 Å². The van der Waals surface area contributed by atoms with Crippen LogP contribution in [0.2, 0.25) is 0 Å². The SMILES string of the molecule is COc1ccc(F)cc1N1CCCC1=O. The molecule has 3 nitrogen and oxygen atoms in total. The summed E-state index contributed by atoms with van der Waals surface area (Å²) in [6, 6.07) is 4.20. The van der Waals surface area contributed by atoms with Crippen molar-refractivity contribution in [2.45, 2.75) is 12.8 Å². The molecule has 0 unspecified atom stereocenters. The number of amides is 1. The van der Waals surface area contributed by atoms with E-state index in [1.807, 2.05) is 0 Å². The lowest BCUT2D eigenvalue weighted by Gasteiger charge is -2.18. The summed E-state index contributed by atoms with van der Waals surface area (Å²) in [5.41, 5.74) is 0.528. The van der Waals surface area contributed by atoms with E-state index >= 15 is 0 Å². The van der Waals surface area contributed by atoms with Gasteiger partial charge in [-0.15, -0.1) is 0 Å². The predicted molar refractivity (Wildman–Crippen MR) is 54.5 cm³/mol. The van der Waals surface area contributed by atoms with E-state index in [0.29, 0.717) is 24.4 Å². The molecule has 0 saturated carbocycles. The first kappa shape index (κ1) is 9.96. The van der Waals surface area contributed by atoms with Crippen LogP contribution in [0.4, 0.5) is 10.1 Å². The maximum Gasteiger partial charge on any atom is 0.227 e. The Hall–Kier alpha value is -1.58. The highest BCUT2D eigenvalue weighted by Crippen LogP contribution is 2.31. The number of rotatable bonds is 2. The first-order valence-electron chi connectivity index (χ1n) is 4.86. The van der Waals surface area contributed by atoms with Gasteiger partial charge in [0.1, 0.15) is 11.6 Å². The van der Waals surface area contributed by atoms with E-state index in [9.17, 15) is 9.18 Å². The molecule has 1 saturated heterocycles. The molecule has 1 aromatic carbocycles. The number of benzene rings is 1. The van der Waals surface area contributed by atoms with E-state index in [4.69, 9.17) is 4.74 Å². The number of carbonyl (C=O) groups excluding carboxylic acids is 1. The molecule has 15 heavy (non-hydrogen) atoms. The zero-order valence-electron chi connectivity index (χ0n) is 8.50. The van der Waals surface area contributed by atoms with Crippen LogP contribution < -0.4 is 9.64 Å². The molecular weight excluding hydrogens is 197 g/mol. The molecule has 0 N–H and O–H groups in total. The Balaban J connectivity index is 2.40. The average Bonchev–Trinajstić information content (AvgIpc) is 2.64. The third-order valence-electron chi connectivity index (χ3n) is 2.51. The lowest BCUT2D eigenvalue weighted by molar-refractivity contribution is -0.117. The van der Waals surface area contributed by atoms with Crippen LogP contribution >= 0.6 is 0 Å². The molecule has 1 heterocycles. The van der Waals surface area contributed by atoms with Crippen LogP contribution in [0.3, 0.4) is 0 Å². The van der Waals surface area contributed by atoms with Gasteiger partial charge in [-0.2, -0.15) is 0 Å². The summed E-state index contributed by atoms with van der Waals surface area (Å²) in [7, 11) is 1.51. The third kappa shape index (κ3) is 1.79. The summed E-state index contributed by atoms with van der Waals surface area (Å²) in [4.78, 5) is 13.1. The summed E-state index contributed by atoms with van der Waals surface area (Å²) in [6.45, 7) is 0.638. The van der Waals surface area contributed by atoms with E-state index in [1.165, 1.54) is 25.3 Å². The molecule has 1 amide bonds. The van der Waals surface area contributed by atoms with Gasteiger partial charge < -0.3 is 9.64 Å². The highest BCUT2D eigenvalue weighted by atomic mass is 19.1. The number of halogens is 1. The molecule has 0 spiro atoms. The standard InChI is InChI=1S/C11H12FNO2/c1-15-10-5-4-8(12)7-9(10)13-6-2-3-11(13)14/h4-5,7H,2-3,6H2,1H3. The quantitative estimate of drug-likeness (QED) is 0.745. The Morgan fingerprint density at radius 1 is 1.47 bits per heavy atom. The summed E-state index contributed by atoms with van der Waals surface area (Å²) in [5, 5.41) is 0. The van der Waals surface area contributed by atoms with Crippen LogP contribution in [-0.4, -0.2) is 19.6 Å². The Bertz CT molecular complexity index is 392. The maximum absolute atomic E-state index is 13.1. The van der Waals surface area contributed by atoms with Crippen molar-refractivity contribution in [3.05, 3.63) is 24.0 Å². The van der Waals surface area contributed by atoms with Gasteiger partial charge in [0, 0.05) is 19.0 Å². The normalized spacial score (nSPS) is 15.9. The molecule has 0 aromatic heterocycles. The van der Waals surface area contributed by atoms with E-state index < -0.39 is 0 Å². The molecule has 1 fully saturated rings. The second-order valence-electron chi connectivity index (χ2n) is 3.47. The second kappa shape index (κ2) is 3.88. The summed E-state index contributed by atoms with van der Waals surface area (Å²) in [5.74, 6) is 0.205. The topological polar surface area (TPSA) is 29.5 Å². The van der Waals surface area contributed by atoms with Crippen molar-refractivity contribution in [1.82, 2.24) is 0 Å². The fraction of sp³-hybridized carbons (Fsp3) is 0.364. The van der Waals surface area contributed by atoms with E-state index in [1.54, 1.807) is 4.90 Å². The van der Waals surface area contributed by atoms with Crippen LogP contribution in [0.25, 0.3) is 0 Å². The van der Waals surface area contributed by atoms with Crippen LogP contribution in [0.5, 0.6) is 5.75 Å². The number of hydrogen-bond donors (Lipinski definition) is 0. The fourth-order valence-corrected chi connectivity index (χ4v) is 1.78. The van der Waals surface area contributed by atoms with Crippen LogP contribution in [0, 0.1) is 5.82 Å². The highest BCUT2D eigenvalue weighted by molar-refractivity contribution is 5.96. The molecule has 0 aliphatic carbocycles. The molecule has 0 atom stereocenters. The van der Waals surface area contributed by atoms with Crippen molar-refractivity contribution in [2.75, 3.05) is 18.6 Å². The molecule has 2 rings (SSSR count). The Morgan fingerprint density at radius 2 is 2.27 bits per heavy atom. The van der Waals surface area contributed by atoms with Crippen molar-refractivity contribution < 1.29 is 13.9 Å². The molecule has 1 aliphatic heterocycles. The largest absolute Gasteiger partial charge is 0.495 e. The highest BCUT2D eigenvalue weighted by Gasteiger charge is 2.24. The summed E-state index contributed by atoms with van der Waals surface area (Å²) in [6.07, 6.45) is 1.35. The zero-order chi connectivity index (χ0) is 10.8. The molecule has 4 heteroatoms. The first-order valence-corrected chi connectivity index (χ1v) is 4.86. The van der Waals surface area contributed by atoms with Gasteiger partial charge in [0.05, 0.1) is 12.8 Å². The summed E-state index contributed by atoms with van der Waals surface area (Å²) >= 11 is 0. The molecule has 80 valence electrons. The smallest absolute Gasteiger partial charge is 0.227 e. The van der Waals surface area contributed by atoms with Crippen molar-refractivity contribution in [3.63, 3.8) is 0 Å². The lowest BCUT2D eigenvalue weighted by atomic mass is 10.2. The van der Waals surface area contributed by atoms with Crippen LogP contribution in [0.1, 0.15) is 12.8 Å². The monoisotopic (exact) mass is 209 g/mol. The number of hydrogen-bond acceptors (Lipinski definition) is 2. The Kier molecular flexibility index (Phi) is 2.58. The van der Waals surface area contributed by atoms with Crippen LogP contribution in [0.15, 0.2) is 18.2 Å². The molecule has 0 radical (unpaired) electrons. The number of anilines is 1. The van der Waals surface area contributed by atoms with Gasteiger partial charge in [0.25, 0.3) is 0 Å². The number of carbonyl (C=O) groups is 1. The van der Waals surface area contributed by atoms with Crippen LogP contribution in [-0.2, 0) is 4.79 Å². The van der Waals surface area contributed by atoms with Crippen molar-refractivity contribution in [1.29, 1.82) is 0 Å². The van der Waals surface area contributed by atoms with Gasteiger partial charge in [0.15, 0.2) is 0 Å². The second-order valence-corrected chi connectivity index (χ2v) is 3.47. The minimum absolute atomic E-state index is 0.0268. The molecule has 1 aliphatic rings. The van der Waals surface area contributed by atoms with E-state index in [-0.39, 0.29) is 11.7 Å².